The smallest absolute Gasteiger partial charge is 0.241 e. The molecule has 24 heavy (non-hydrogen) atoms. The highest BCUT2D eigenvalue weighted by Crippen LogP contribution is 2.17. The number of hydrogen-bond donors (Lipinski definition) is 1. The molecule has 1 fully saturated rings. The standard InChI is InChI=1S/C18H24N4O2/c1-14-6-5-7-15-12-20-22(18(14)15)11-8-16(23)19-13-17(24)21-9-3-2-4-10-21/h5-7,12H,2-4,8-11,13H2,1H3,(H,19,23). The third-order valence-corrected chi connectivity index (χ3v) is 4.56. The number of nitrogens with one attached hydrogen (secondary N) is 1. The summed E-state index contributed by atoms with van der Waals surface area (Å²) < 4.78 is 1.86. The summed E-state index contributed by atoms with van der Waals surface area (Å²) in [6.45, 7) is 4.27. The number of aryl methyl sites for hydroxylation is 2. The molecule has 1 N–H and O–H groups in total. The zero-order valence-electron chi connectivity index (χ0n) is 14.1. The van der Waals surface area contributed by atoms with E-state index in [4.69, 9.17) is 0 Å². The summed E-state index contributed by atoms with van der Waals surface area (Å²) in [6.07, 6.45) is 5.45. The number of amides is 2. The SMILES string of the molecule is Cc1cccc2cnn(CCC(=O)NCC(=O)N3CCCCC3)c12. The van der Waals surface area contributed by atoms with E-state index in [2.05, 4.69) is 10.4 Å². The topological polar surface area (TPSA) is 67.2 Å². The Labute approximate surface area is 141 Å². The van der Waals surface area contributed by atoms with Gasteiger partial charge in [0.2, 0.25) is 11.8 Å². The van der Waals surface area contributed by atoms with E-state index in [1.807, 2.05) is 40.9 Å². The lowest BCUT2D eigenvalue weighted by Gasteiger charge is -2.26. The second-order valence-corrected chi connectivity index (χ2v) is 6.35. The molecule has 0 spiro atoms. The molecular formula is C18H24N4O2. The zero-order chi connectivity index (χ0) is 16.9. The third-order valence-electron chi connectivity index (χ3n) is 4.56. The van der Waals surface area contributed by atoms with Crippen LogP contribution in [0.2, 0.25) is 0 Å². The fourth-order valence-electron chi connectivity index (χ4n) is 3.22. The molecule has 2 amide bonds. The van der Waals surface area contributed by atoms with Gasteiger partial charge >= 0.3 is 0 Å². The van der Waals surface area contributed by atoms with Crippen molar-refractivity contribution in [1.29, 1.82) is 0 Å². The molecular weight excluding hydrogens is 304 g/mol. The Morgan fingerprint density at radius 2 is 2.00 bits per heavy atom. The highest BCUT2D eigenvalue weighted by Gasteiger charge is 2.17. The van der Waals surface area contributed by atoms with E-state index in [-0.39, 0.29) is 18.4 Å². The predicted molar refractivity (Wildman–Crippen MR) is 92.5 cm³/mol. The minimum atomic E-state index is -0.113. The van der Waals surface area contributed by atoms with Crippen molar-refractivity contribution in [3.05, 3.63) is 30.0 Å². The third kappa shape index (κ3) is 3.75. The Hall–Kier alpha value is -2.37. The number of likely N-dealkylation sites (tertiary alicyclic amines) is 1. The number of rotatable bonds is 5. The molecule has 1 aliphatic heterocycles. The number of hydrogen-bond acceptors (Lipinski definition) is 3. The Kier molecular flexibility index (Phi) is 5.13. The summed E-state index contributed by atoms with van der Waals surface area (Å²) in [5, 5.41) is 8.17. The first-order valence-electron chi connectivity index (χ1n) is 8.61. The van der Waals surface area contributed by atoms with Gasteiger partial charge < -0.3 is 10.2 Å². The van der Waals surface area contributed by atoms with E-state index in [1.54, 1.807) is 0 Å². The lowest BCUT2D eigenvalue weighted by molar-refractivity contribution is -0.133. The molecule has 3 rings (SSSR count). The Morgan fingerprint density at radius 1 is 1.21 bits per heavy atom. The van der Waals surface area contributed by atoms with Gasteiger partial charge in [0.05, 0.1) is 24.8 Å². The molecule has 0 saturated carbocycles. The normalized spacial score (nSPS) is 14.8. The van der Waals surface area contributed by atoms with Crippen molar-refractivity contribution in [1.82, 2.24) is 20.0 Å². The molecule has 128 valence electrons. The van der Waals surface area contributed by atoms with Crippen LogP contribution in [-0.2, 0) is 16.1 Å². The second-order valence-electron chi connectivity index (χ2n) is 6.35. The van der Waals surface area contributed by atoms with Crippen molar-refractivity contribution < 1.29 is 9.59 Å². The van der Waals surface area contributed by atoms with Crippen LogP contribution in [0.4, 0.5) is 0 Å². The van der Waals surface area contributed by atoms with Gasteiger partial charge in [0.1, 0.15) is 0 Å². The van der Waals surface area contributed by atoms with E-state index in [1.165, 1.54) is 6.42 Å². The van der Waals surface area contributed by atoms with Gasteiger partial charge in [-0.25, -0.2) is 0 Å². The summed E-state index contributed by atoms with van der Waals surface area (Å²) in [6, 6.07) is 6.06. The maximum atomic E-state index is 12.0. The number of carbonyl (C=O) groups excluding carboxylic acids is 2. The average molecular weight is 328 g/mol. The predicted octanol–water partition coefficient (Wildman–Crippen LogP) is 1.86. The van der Waals surface area contributed by atoms with E-state index >= 15 is 0 Å². The van der Waals surface area contributed by atoms with Crippen LogP contribution >= 0.6 is 0 Å². The number of para-hydroxylation sites is 1. The molecule has 0 bridgehead atoms. The lowest BCUT2D eigenvalue weighted by Crippen LogP contribution is -2.42. The highest BCUT2D eigenvalue weighted by molar-refractivity contribution is 5.85. The fraction of sp³-hybridized carbons (Fsp3) is 0.500. The van der Waals surface area contributed by atoms with Gasteiger partial charge in [-0.15, -0.1) is 0 Å². The van der Waals surface area contributed by atoms with Crippen molar-refractivity contribution in [2.45, 2.75) is 39.2 Å². The van der Waals surface area contributed by atoms with E-state index in [9.17, 15) is 9.59 Å². The van der Waals surface area contributed by atoms with Crippen molar-refractivity contribution in [2.75, 3.05) is 19.6 Å². The molecule has 2 aromatic rings. The minimum absolute atomic E-state index is 0.0171. The van der Waals surface area contributed by atoms with E-state index in [0.717, 1.165) is 42.4 Å². The first kappa shape index (κ1) is 16.5. The quantitative estimate of drug-likeness (QED) is 0.911. The van der Waals surface area contributed by atoms with Gasteiger partial charge in [0.25, 0.3) is 0 Å². The molecule has 1 saturated heterocycles. The monoisotopic (exact) mass is 328 g/mol. The van der Waals surface area contributed by atoms with Crippen LogP contribution < -0.4 is 5.32 Å². The van der Waals surface area contributed by atoms with Gasteiger partial charge in [-0.05, 0) is 31.7 Å². The Bertz CT molecular complexity index is 732. The molecule has 0 aliphatic carbocycles. The van der Waals surface area contributed by atoms with E-state index < -0.39 is 0 Å². The average Bonchev–Trinajstić information content (AvgIpc) is 3.03. The molecule has 0 atom stereocenters. The summed E-state index contributed by atoms with van der Waals surface area (Å²) in [5.41, 5.74) is 2.21. The van der Waals surface area contributed by atoms with Crippen molar-refractivity contribution in [3.8, 4) is 0 Å². The largest absolute Gasteiger partial charge is 0.347 e. The number of carbonyl (C=O) groups is 2. The fourth-order valence-corrected chi connectivity index (χ4v) is 3.22. The first-order chi connectivity index (χ1) is 11.6. The molecule has 6 heteroatoms. The van der Waals surface area contributed by atoms with Gasteiger partial charge in [-0.1, -0.05) is 18.2 Å². The Morgan fingerprint density at radius 3 is 2.79 bits per heavy atom. The van der Waals surface area contributed by atoms with Gasteiger partial charge in [0, 0.05) is 24.9 Å². The summed E-state index contributed by atoms with van der Waals surface area (Å²) >= 11 is 0. The van der Waals surface area contributed by atoms with Crippen LogP contribution in [0.25, 0.3) is 10.9 Å². The molecule has 2 heterocycles. The number of aromatic nitrogens is 2. The molecule has 1 aliphatic rings. The summed E-state index contributed by atoms with van der Waals surface area (Å²) in [4.78, 5) is 25.9. The highest BCUT2D eigenvalue weighted by atomic mass is 16.2. The van der Waals surface area contributed by atoms with Crippen molar-refractivity contribution in [2.24, 2.45) is 0 Å². The van der Waals surface area contributed by atoms with Crippen molar-refractivity contribution in [3.63, 3.8) is 0 Å². The van der Waals surface area contributed by atoms with Crippen LogP contribution in [0, 0.1) is 6.92 Å². The molecule has 0 unspecified atom stereocenters. The van der Waals surface area contributed by atoms with Gasteiger partial charge in [0.15, 0.2) is 0 Å². The van der Waals surface area contributed by atoms with Gasteiger partial charge in [-0.2, -0.15) is 5.10 Å². The maximum absolute atomic E-state index is 12.0. The number of fused-ring (bicyclic) bond motifs is 1. The van der Waals surface area contributed by atoms with Crippen LogP contribution in [-0.4, -0.2) is 46.1 Å². The number of benzene rings is 1. The van der Waals surface area contributed by atoms with Crippen LogP contribution in [0.15, 0.2) is 24.4 Å². The Balaban J connectivity index is 1.49. The van der Waals surface area contributed by atoms with Crippen LogP contribution in [0.3, 0.4) is 0 Å². The summed E-state index contributed by atoms with van der Waals surface area (Å²) in [7, 11) is 0. The van der Waals surface area contributed by atoms with Crippen LogP contribution in [0.1, 0.15) is 31.2 Å². The first-order valence-corrected chi connectivity index (χ1v) is 8.61. The van der Waals surface area contributed by atoms with Crippen LogP contribution in [0.5, 0.6) is 0 Å². The molecule has 1 aromatic heterocycles. The van der Waals surface area contributed by atoms with Crippen molar-refractivity contribution >= 4 is 22.7 Å². The molecule has 0 radical (unpaired) electrons. The number of nitrogens with zero attached hydrogens (tertiary/aromatic N) is 3. The molecule has 1 aromatic carbocycles. The lowest BCUT2D eigenvalue weighted by atomic mass is 10.1. The number of piperidine rings is 1. The molecule has 6 nitrogen and oxygen atoms in total. The summed E-state index contributed by atoms with van der Waals surface area (Å²) in [5.74, 6) is -0.0963. The zero-order valence-corrected chi connectivity index (χ0v) is 14.1. The second kappa shape index (κ2) is 7.47. The minimum Gasteiger partial charge on any atom is -0.347 e. The maximum Gasteiger partial charge on any atom is 0.241 e. The van der Waals surface area contributed by atoms with Gasteiger partial charge in [-0.3, -0.25) is 14.3 Å². The van der Waals surface area contributed by atoms with E-state index in [0.29, 0.717) is 13.0 Å².